The first-order chi connectivity index (χ1) is 8.69. The summed E-state index contributed by atoms with van der Waals surface area (Å²) in [7, 11) is 0. The van der Waals surface area contributed by atoms with Gasteiger partial charge in [0.1, 0.15) is 0 Å². The van der Waals surface area contributed by atoms with Crippen LogP contribution in [0.4, 0.5) is 0 Å². The van der Waals surface area contributed by atoms with Crippen LogP contribution in [0.15, 0.2) is 12.3 Å². The van der Waals surface area contributed by atoms with Gasteiger partial charge in [-0.1, -0.05) is 26.2 Å². The SMILES string of the molecule is CCCCCCC(C)Oc1nccc(C)c1CN. The van der Waals surface area contributed by atoms with Crippen molar-refractivity contribution < 1.29 is 4.74 Å². The summed E-state index contributed by atoms with van der Waals surface area (Å²) in [5, 5.41) is 0. The molecule has 0 aliphatic rings. The average molecular weight is 250 g/mol. The Balaban J connectivity index is 2.48. The van der Waals surface area contributed by atoms with E-state index in [9.17, 15) is 0 Å². The largest absolute Gasteiger partial charge is 0.474 e. The second-order valence-electron chi connectivity index (χ2n) is 4.89. The average Bonchev–Trinajstić information content (AvgIpc) is 2.35. The minimum atomic E-state index is 0.210. The van der Waals surface area contributed by atoms with Gasteiger partial charge in [-0.2, -0.15) is 0 Å². The zero-order valence-corrected chi connectivity index (χ0v) is 11.9. The molecule has 3 heteroatoms. The molecule has 0 fully saturated rings. The van der Waals surface area contributed by atoms with Crippen LogP contribution < -0.4 is 10.5 Å². The fourth-order valence-electron chi connectivity index (χ4n) is 2.02. The van der Waals surface area contributed by atoms with Gasteiger partial charge in [0.25, 0.3) is 0 Å². The van der Waals surface area contributed by atoms with Crippen molar-refractivity contribution in [3.63, 3.8) is 0 Å². The van der Waals surface area contributed by atoms with Crippen LogP contribution >= 0.6 is 0 Å². The fourth-order valence-corrected chi connectivity index (χ4v) is 2.02. The van der Waals surface area contributed by atoms with Crippen molar-refractivity contribution in [1.29, 1.82) is 0 Å². The molecule has 0 aromatic carbocycles. The lowest BCUT2D eigenvalue weighted by Crippen LogP contribution is -2.15. The Kier molecular flexibility index (Phi) is 6.73. The molecule has 0 radical (unpaired) electrons. The molecule has 3 nitrogen and oxygen atoms in total. The molecule has 0 saturated carbocycles. The fraction of sp³-hybridized carbons (Fsp3) is 0.667. The molecule has 1 rings (SSSR count). The van der Waals surface area contributed by atoms with E-state index in [0.717, 1.165) is 17.5 Å². The van der Waals surface area contributed by atoms with Gasteiger partial charge >= 0.3 is 0 Å². The van der Waals surface area contributed by atoms with Crippen LogP contribution in [0.5, 0.6) is 5.88 Å². The normalized spacial score (nSPS) is 12.4. The van der Waals surface area contributed by atoms with E-state index in [4.69, 9.17) is 10.5 Å². The van der Waals surface area contributed by atoms with E-state index in [2.05, 4.69) is 18.8 Å². The van der Waals surface area contributed by atoms with Gasteiger partial charge in [0.15, 0.2) is 0 Å². The standard InChI is InChI=1S/C15H26N2O/c1-4-5-6-7-8-13(3)18-15-14(11-16)12(2)9-10-17-15/h9-10,13H,4-8,11,16H2,1-3H3. The molecule has 1 aromatic rings. The molecule has 0 aliphatic heterocycles. The molecule has 0 amide bonds. The topological polar surface area (TPSA) is 48.1 Å². The van der Waals surface area contributed by atoms with Gasteiger partial charge in [-0.25, -0.2) is 4.98 Å². The highest BCUT2D eigenvalue weighted by molar-refractivity contribution is 5.33. The number of hydrogen-bond acceptors (Lipinski definition) is 3. The summed E-state index contributed by atoms with van der Waals surface area (Å²) in [4.78, 5) is 4.29. The summed E-state index contributed by atoms with van der Waals surface area (Å²) in [6.07, 6.45) is 8.16. The predicted octanol–water partition coefficient (Wildman–Crippen LogP) is 3.59. The van der Waals surface area contributed by atoms with E-state index in [1.54, 1.807) is 6.20 Å². The zero-order valence-electron chi connectivity index (χ0n) is 11.9. The van der Waals surface area contributed by atoms with Crippen LogP contribution in [-0.4, -0.2) is 11.1 Å². The number of nitrogens with two attached hydrogens (primary N) is 1. The van der Waals surface area contributed by atoms with Gasteiger partial charge in [-0.3, -0.25) is 0 Å². The van der Waals surface area contributed by atoms with Gasteiger partial charge in [0.2, 0.25) is 5.88 Å². The summed E-state index contributed by atoms with van der Waals surface area (Å²) in [6, 6.07) is 1.97. The molecule has 1 atom stereocenters. The third kappa shape index (κ3) is 4.65. The Morgan fingerprint density at radius 2 is 2.11 bits per heavy atom. The molecule has 1 heterocycles. The van der Waals surface area contributed by atoms with E-state index >= 15 is 0 Å². The maximum Gasteiger partial charge on any atom is 0.218 e. The van der Waals surface area contributed by atoms with E-state index in [1.165, 1.54) is 25.7 Å². The summed E-state index contributed by atoms with van der Waals surface area (Å²) >= 11 is 0. The molecule has 0 saturated heterocycles. The van der Waals surface area contributed by atoms with Crippen LogP contribution in [-0.2, 0) is 6.54 Å². The second kappa shape index (κ2) is 8.09. The molecule has 2 N–H and O–H groups in total. The Morgan fingerprint density at radius 1 is 1.33 bits per heavy atom. The molecule has 1 unspecified atom stereocenters. The highest BCUT2D eigenvalue weighted by Gasteiger charge is 2.10. The third-order valence-corrected chi connectivity index (χ3v) is 3.23. The van der Waals surface area contributed by atoms with Crippen LogP contribution in [0, 0.1) is 6.92 Å². The molecule has 102 valence electrons. The molecule has 1 aromatic heterocycles. The van der Waals surface area contributed by atoms with Gasteiger partial charge in [-0.15, -0.1) is 0 Å². The van der Waals surface area contributed by atoms with Gasteiger partial charge in [0, 0.05) is 18.3 Å². The number of aryl methyl sites for hydroxylation is 1. The van der Waals surface area contributed by atoms with Crippen molar-refractivity contribution in [1.82, 2.24) is 4.98 Å². The predicted molar refractivity (Wildman–Crippen MR) is 75.7 cm³/mol. The number of nitrogens with zero attached hydrogens (tertiary/aromatic N) is 1. The minimum Gasteiger partial charge on any atom is -0.474 e. The zero-order chi connectivity index (χ0) is 13.4. The van der Waals surface area contributed by atoms with Crippen LogP contribution in [0.3, 0.4) is 0 Å². The Bertz CT molecular complexity index is 352. The Labute approximate surface area is 111 Å². The smallest absolute Gasteiger partial charge is 0.218 e. The summed E-state index contributed by atoms with van der Waals surface area (Å²) < 4.78 is 5.91. The number of pyridine rings is 1. The highest BCUT2D eigenvalue weighted by atomic mass is 16.5. The molecule has 0 spiro atoms. The number of rotatable bonds is 8. The van der Waals surface area contributed by atoms with E-state index in [0.29, 0.717) is 12.4 Å². The first kappa shape index (κ1) is 15.0. The summed E-state index contributed by atoms with van der Waals surface area (Å²) in [5.74, 6) is 0.709. The first-order valence-electron chi connectivity index (χ1n) is 7.00. The molecule has 0 bridgehead atoms. The van der Waals surface area contributed by atoms with Crippen LogP contribution in [0.25, 0.3) is 0 Å². The number of hydrogen-bond donors (Lipinski definition) is 1. The molecule has 18 heavy (non-hydrogen) atoms. The van der Waals surface area contributed by atoms with Gasteiger partial charge in [-0.05, 0) is 38.3 Å². The quantitative estimate of drug-likeness (QED) is 0.717. The maximum absolute atomic E-state index is 5.91. The second-order valence-corrected chi connectivity index (χ2v) is 4.89. The molecular formula is C15H26N2O. The van der Waals surface area contributed by atoms with Gasteiger partial charge < -0.3 is 10.5 Å². The minimum absolute atomic E-state index is 0.210. The molecule has 0 aliphatic carbocycles. The Morgan fingerprint density at radius 3 is 2.78 bits per heavy atom. The van der Waals surface area contributed by atoms with Crippen LogP contribution in [0.1, 0.15) is 57.1 Å². The van der Waals surface area contributed by atoms with Crippen molar-refractivity contribution in [2.45, 2.75) is 65.5 Å². The van der Waals surface area contributed by atoms with Crippen molar-refractivity contribution in [2.75, 3.05) is 0 Å². The van der Waals surface area contributed by atoms with Gasteiger partial charge in [0.05, 0.1) is 6.10 Å². The number of aromatic nitrogens is 1. The van der Waals surface area contributed by atoms with Crippen molar-refractivity contribution >= 4 is 0 Å². The van der Waals surface area contributed by atoms with E-state index in [-0.39, 0.29) is 6.10 Å². The van der Waals surface area contributed by atoms with Crippen molar-refractivity contribution in [3.05, 3.63) is 23.4 Å². The highest BCUT2D eigenvalue weighted by Crippen LogP contribution is 2.20. The number of unbranched alkanes of at least 4 members (excludes halogenated alkanes) is 3. The summed E-state index contributed by atoms with van der Waals surface area (Å²) in [5.41, 5.74) is 7.93. The van der Waals surface area contributed by atoms with Crippen molar-refractivity contribution in [3.8, 4) is 5.88 Å². The first-order valence-corrected chi connectivity index (χ1v) is 7.00. The van der Waals surface area contributed by atoms with E-state index in [1.807, 2.05) is 13.0 Å². The Hall–Kier alpha value is -1.09. The molecular weight excluding hydrogens is 224 g/mol. The number of ether oxygens (including phenoxy) is 1. The lowest BCUT2D eigenvalue weighted by Gasteiger charge is -2.17. The lowest BCUT2D eigenvalue weighted by molar-refractivity contribution is 0.196. The lowest BCUT2D eigenvalue weighted by atomic mass is 10.1. The maximum atomic E-state index is 5.91. The van der Waals surface area contributed by atoms with Crippen LogP contribution in [0.2, 0.25) is 0 Å². The third-order valence-electron chi connectivity index (χ3n) is 3.23. The van der Waals surface area contributed by atoms with Crippen molar-refractivity contribution in [2.24, 2.45) is 5.73 Å². The monoisotopic (exact) mass is 250 g/mol. The van der Waals surface area contributed by atoms with E-state index < -0.39 is 0 Å². The summed E-state index contributed by atoms with van der Waals surface area (Å²) in [6.45, 7) is 6.86.